The zero-order chi connectivity index (χ0) is 14.9. The molecule has 2 rings (SSSR count). The van der Waals surface area contributed by atoms with Crippen LogP contribution in [0.25, 0.3) is 0 Å². The molecule has 2 aromatic rings. The van der Waals surface area contributed by atoms with Crippen LogP contribution in [0.1, 0.15) is 16.1 Å². The van der Waals surface area contributed by atoms with Gasteiger partial charge in [0.15, 0.2) is 0 Å². The number of nitrogens with zero attached hydrogens (tertiary/aromatic N) is 1. The third-order valence-electron chi connectivity index (χ3n) is 2.57. The van der Waals surface area contributed by atoms with E-state index in [0.29, 0.717) is 11.3 Å². The third kappa shape index (κ3) is 2.98. The van der Waals surface area contributed by atoms with Gasteiger partial charge in [-0.1, -0.05) is 11.6 Å². The molecule has 0 saturated carbocycles. The van der Waals surface area contributed by atoms with Gasteiger partial charge < -0.3 is 5.32 Å². The number of halogens is 1. The zero-order valence-corrected chi connectivity index (χ0v) is 11.9. The van der Waals surface area contributed by atoms with Crippen LogP contribution in [-0.2, 0) is 10.0 Å². The summed E-state index contributed by atoms with van der Waals surface area (Å²) < 4.78 is 22.6. The first-order chi connectivity index (χ1) is 9.29. The predicted octanol–water partition coefficient (Wildman–Crippen LogP) is 1.27. The van der Waals surface area contributed by atoms with Crippen molar-refractivity contribution in [1.82, 2.24) is 10.2 Å². The molecule has 0 aliphatic rings. The molecular formula is C11H11ClN4O3S. The van der Waals surface area contributed by atoms with E-state index in [2.05, 4.69) is 15.5 Å². The first-order valence-electron chi connectivity index (χ1n) is 5.42. The minimum atomic E-state index is -3.85. The van der Waals surface area contributed by atoms with Crippen molar-refractivity contribution < 1.29 is 13.2 Å². The number of nitrogens with one attached hydrogen (secondary N) is 2. The molecule has 0 saturated heterocycles. The maximum absolute atomic E-state index is 11.9. The Morgan fingerprint density at radius 3 is 2.65 bits per heavy atom. The second-order valence-corrected chi connectivity index (χ2v) is 6.04. The number of sulfonamides is 1. The predicted molar refractivity (Wildman–Crippen MR) is 74.1 cm³/mol. The molecule has 0 aliphatic carbocycles. The summed E-state index contributed by atoms with van der Waals surface area (Å²) in [6.45, 7) is 1.61. The van der Waals surface area contributed by atoms with Crippen molar-refractivity contribution >= 4 is 33.2 Å². The summed E-state index contributed by atoms with van der Waals surface area (Å²) in [6, 6.07) is 4.02. The van der Waals surface area contributed by atoms with E-state index in [1.807, 2.05) is 0 Å². The Hall–Kier alpha value is -1.90. The highest BCUT2D eigenvalue weighted by Crippen LogP contribution is 2.29. The standard InChI is InChI=1S/C11H11ClN4O3S/c1-6-4-7(20(13,18)19)5-8(12)10(6)15-11(17)9-2-3-14-16-9/h2-5H,1H3,(H,14,16)(H,15,17)(H2,13,18,19). The van der Waals surface area contributed by atoms with Crippen LogP contribution in [-0.4, -0.2) is 24.5 Å². The Labute approximate surface area is 120 Å². The Bertz CT molecular complexity index is 733. The molecule has 0 bridgehead atoms. The van der Waals surface area contributed by atoms with Crippen molar-refractivity contribution in [2.45, 2.75) is 11.8 Å². The summed E-state index contributed by atoms with van der Waals surface area (Å²) in [7, 11) is -3.85. The average molecular weight is 315 g/mol. The molecule has 0 fully saturated rings. The van der Waals surface area contributed by atoms with Crippen molar-refractivity contribution in [3.05, 3.63) is 40.7 Å². The number of hydrogen-bond donors (Lipinski definition) is 3. The van der Waals surface area contributed by atoms with E-state index in [1.165, 1.54) is 24.4 Å². The van der Waals surface area contributed by atoms with Crippen LogP contribution in [0.2, 0.25) is 5.02 Å². The highest BCUT2D eigenvalue weighted by Gasteiger charge is 2.16. The second kappa shape index (κ2) is 5.23. The molecule has 0 unspecified atom stereocenters. The highest BCUT2D eigenvalue weighted by molar-refractivity contribution is 7.89. The van der Waals surface area contributed by atoms with Crippen molar-refractivity contribution in [2.24, 2.45) is 5.14 Å². The number of anilines is 1. The molecule has 1 aromatic carbocycles. The van der Waals surface area contributed by atoms with E-state index in [4.69, 9.17) is 16.7 Å². The van der Waals surface area contributed by atoms with Crippen LogP contribution < -0.4 is 10.5 Å². The second-order valence-electron chi connectivity index (χ2n) is 4.07. The number of primary sulfonamides is 1. The summed E-state index contributed by atoms with van der Waals surface area (Å²) in [5, 5.41) is 13.9. The molecule has 0 aliphatic heterocycles. The van der Waals surface area contributed by atoms with Crippen LogP contribution in [0.5, 0.6) is 0 Å². The smallest absolute Gasteiger partial charge is 0.273 e. The lowest BCUT2D eigenvalue weighted by atomic mass is 10.2. The van der Waals surface area contributed by atoms with Gasteiger partial charge in [0, 0.05) is 6.20 Å². The molecule has 20 heavy (non-hydrogen) atoms. The molecule has 7 nitrogen and oxygen atoms in total. The van der Waals surface area contributed by atoms with Gasteiger partial charge in [-0.05, 0) is 30.7 Å². The van der Waals surface area contributed by atoms with Crippen LogP contribution in [0, 0.1) is 6.92 Å². The van der Waals surface area contributed by atoms with Crippen LogP contribution >= 0.6 is 11.6 Å². The lowest BCUT2D eigenvalue weighted by Gasteiger charge is -2.11. The monoisotopic (exact) mass is 314 g/mol. The van der Waals surface area contributed by atoms with Crippen molar-refractivity contribution in [2.75, 3.05) is 5.32 Å². The molecule has 0 spiro atoms. The fourth-order valence-corrected chi connectivity index (χ4v) is 2.60. The SMILES string of the molecule is Cc1cc(S(N)(=O)=O)cc(Cl)c1NC(=O)c1ccn[nH]1. The van der Waals surface area contributed by atoms with Crippen LogP contribution in [0.15, 0.2) is 29.3 Å². The van der Waals surface area contributed by atoms with Gasteiger partial charge in [-0.25, -0.2) is 13.6 Å². The molecule has 9 heteroatoms. The number of carbonyl (C=O) groups excluding carboxylic acids is 1. The third-order valence-corrected chi connectivity index (χ3v) is 3.76. The average Bonchev–Trinajstić information content (AvgIpc) is 2.85. The van der Waals surface area contributed by atoms with E-state index < -0.39 is 15.9 Å². The molecule has 106 valence electrons. The number of benzene rings is 1. The maximum atomic E-state index is 11.9. The summed E-state index contributed by atoms with van der Waals surface area (Å²) in [5.41, 5.74) is 1.06. The Morgan fingerprint density at radius 2 is 2.15 bits per heavy atom. The van der Waals surface area contributed by atoms with Gasteiger partial charge in [0.2, 0.25) is 10.0 Å². The minimum absolute atomic E-state index is 0.0851. The van der Waals surface area contributed by atoms with Crippen LogP contribution in [0.4, 0.5) is 5.69 Å². The van der Waals surface area contributed by atoms with Gasteiger partial charge >= 0.3 is 0 Å². The largest absolute Gasteiger partial charge is 0.319 e. The topological polar surface area (TPSA) is 118 Å². The summed E-state index contributed by atoms with van der Waals surface area (Å²) in [4.78, 5) is 11.8. The molecule has 1 heterocycles. The normalized spacial score (nSPS) is 11.3. The summed E-state index contributed by atoms with van der Waals surface area (Å²) >= 11 is 5.99. The number of rotatable bonds is 3. The summed E-state index contributed by atoms with van der Waals surface area (Å²) in [5.74, 6) is -0.434. The Balaban J connectivity index is 2.37. The number of aromatic amines is 1. The lowest BCUT2D eigenvalue weighted by molar-refractivity contribution is 0.102. The van der Waals surface area contributed by atoms with Gasteiger partial charge in [-0.15, -0.1) is 0 Å². The summed E-state index contributed by atoms with van der Waals surface area (Å²) in [6.07, 6.45) is 1.44. The number of amides is 1. The van der Waals surface area contributed by atoms with E-state index >= 15 is 0 Å². The molecule has 0 atom stereocenters. The highest BCUT2D eigenvalue weighted by atomic mass is 35.5. The van der Waals surface area contributed by atoms with E-state index in [1.54, 1.807) is 6.92 Å². The Kier molecular flexibility index (Phi) is 3.80. The number of aryl methyl sites for hydroxylation is 1. The van der Waals surface area contributed by atoms with Crippen LogP contribution in [0.3, 0.4) is 0 Å². The molecule has 4 N–H and O–H groups in total. The van der Waals surface area contributed by atoms with Gasteiger partial charge in [0.05, 0.1) is 15.6 Å². The maximum Gasteiger partial charge on any atom is 0.273 e. The number of carbonyl (C=O) groups is 1. The van der Waals surface area contributed by atoms with Crippen molar-refractivity contribution in [1.29, 1.82) is 0 Å². The molecule has 0 radical (unpaired) electrons. The molecule has 1 amide bonds. The lowest BCUT2D eigenvalue weighted by Crippen LogP contribution is -2.16. The van der Waals surface area contributed by atoms with E-state index in [9.17, 15) is 13.2 Å². The zero-order valence-electron chi connectivity index (χ0n) is 10.3. The van der Waals surface area contributed by atoms with Crippen molar-refractivity contribution in [3.63, 3.8) is 0 Å². The number of aromatic nitrogens is 2. The fourth-order valence-electron chi connectivity index (χ4n) is 1.60. The minimum Gasteiger partial charge on any atom is -0.319 e. The van der Waals surface area contributed by atoms with E-state index in [0.717, 1.165) is 0 Å². The fraction of sp³-hybridized carbons (Fsp3) is 0.0909. The van der Waals surface area contributed by atoms with Gasteiger partial charge in [-0.2, -0.15) is 5.10 Å². The van der Waals surface area contributed by atoms with E-state index in [-0.39, 0.29) is 15.6 Å². The van der Waals surface area contributed by atoms with Gasteiger partial charge in [0.25, 0.3) is 5.91 Å². The van der Waals surface area contributed by atoms with Gasteiger partial charge in [-0.3, -0.25) is 9.89 Å². The number of H-pyrrole nitrogens is 1. The quantitative estimate of drug-likeness (QED) is 0.790. The first kappa shape index (κ1) is 14.5. The Morgan fingerprint density at radius 1 is 1.45 bits per heavy atom. The molecular weight excluding hydrogens is 304 g/mol. The van der Waals surface area contributed by atoms with Crippen molar-refractivity contribution in [3.8, 4) is 0 Å². The van der Waals surface area contributed by atoms with Gasteiger partial charge in [0.1, 0.15) is 5.69 Å². The molecule has 1 aromatic heterocycles. The number of hydrogen-bond acceptors (Lipinski definition) is 4. The first-order valence-corrected chi connectivity index (χ1v) is 7.35. The number of nitrogens with two attached hydrogens (primary N) is 1.